The average molecular weight is 381 g/mol. The first-order valence-electron chi connectivity index (χ1n) is 7.38. The van der Waals surface area contributed by atoms with Crippen LogP contribution < -0.4 is 10.6 Å². The molecular weight excluding hydrogens is 369 g/mol. The largest absolute Gasteiger partial charge is 0.418 e. The van der Waals surface area contributed by atoms with Gasteiger partial charge in [-0.1, -0.05) is 17.7 Å². The maximum atomic E-state index is 13.2. The van der Waals surface area contributed by atoms with E-state index in [0.29, 0.717) is 6.54 Å². The van der Waals surface area contributed by atoms with Gasteiger partial charge in [-0.2, -0.15) is 23.3 Å². The Morgan fingerprint density at radius 3 is 2.69 bits per heavy atom. The predicted molar refractivity (Wildman–Crippen MR) is 91.1 cm³/mol. The second kappa shape index (κ2) is 7.52. The summed E-state index contributed by atoms with van der Waals surface area (Å²) in [5.74, 6) is 0.280. The zero-order chi connectivity index (χ0) is 18.6. The Kier molecular flexibility index (Phi) is 5.17. The summed E-state index contributed by atoms with van der Waals surface area (Å²) in [6, 6.07) is 7.08. The lowest BCUT2D eigenvalue weighted by Crippen LogP contribution is -2.10. The van der Waals surface area contributed by atoms with Crippen LogP contribution in [0.1, 0.15) is 11.1 Å². The molecule has 0 atom stereocenters. The molecule has 2 N–H and O–H groups in total. The van der Waals surface area contributed by atoms with Crippen molar-refractivity contribution in [1.29, 1.82) is 0 Å². The van der Waals surface area contributed by atoms with Crippen LogP contribution in [0.2, 0.25) is 5.02 Å². The molecule has 0 saturated carbocycles. The minimum Gasteiger partial charge on any atom is -0.349 e. The molecule has 0 bridgehead atoms. The first kappa shape index (κ1) is 17.9. The maximum absolute atomic E-state index is 13.2. The van der Waals surface area contributed by atoms with Crippen molar-refractivity contribution >= 4 is 29.1 Å². The van der Waals surface area contributed by atoms with Crippen LogP contribution in [0, 0.1) is 0 Å². The lowest BCUT2D eigenvalue weighted by molar-refractivity contribution is -0.136. The Balaban J connectivity index is 1.77. The highest BCUT2D eigenvalue weighted by Gasteiger charge is 2.34. The monoisotopic (exact) mass is 380 g/mol. The van der Waals surface area contributed by atoms with Gasteiger partial charge in [-0.25, -0.2) is 0 Å². The Bertz CT molecular complexity index is 889. The van der Waals surface area contributed by atoms with Crippen LogP contribution in [-0.2, 0) is 12.7 Å². The number of hydrogen-bond donors (Lipinski definition) is 2. The van der Waals surface area contributed by atoms with E-state index in [-0.39, 0.29) is 22.5 Å². The fourth-order valence-corrected chi connectivity index (χ4v) is 2.29. The molecule has 2 aromatic heterocycles. The van der Waals surface area contributed by atoms with Gasteiger partial charge in [0.25, 0.3) is 0 Å². The summed E-state index contributed by atoms with van der Waals surface area (Å²) in [7, 11) is 0. The first-order chi connectivity index (χ1) is 12.4. The summed E-state index contributed by atoms with van der Waals surface area (Å²) < 4.78 is 39.5. The zero-order valence-electron chi connectivity index (χ0n) is 13.1. The van der Waals surface area contributed by atoms with Crippen LogP contribution in [0.3, 0.4) is 0 Å². The molecule has 6 nitrogen and oxygen atoms in total. The van der Waals surface area contributed by atoms with Crippen LogP contribution in [-0.4, -0.2) is 20.2 Å². The fraction of sp³-hybridized carbons (Fsp3) is 0.125. The van der Waals surface area contributed by atoms with E-state index in [4.69, 9.17) is 11.6 Å². The van der Waals surface area contributed by atoms with E-state index in [1.807, 2.05) is 6.07 Å². The molecule has 0 aliphatic rings. The van der Waals surface area contributed by atoms with Crippen molar-refractivity contribution in [3.05, 3.63) is 65.1 Å². The van der Waals surface area contributed by atoms with E-state index in [0.717, 1.165) is 11.6 Å². The third-order valence-electron chi connectivity index (χ3n) is 3.28. The van der Waals surface area contributed by atoms with Crippen LogP contribution in [0.5, 0.6) is 0 Å². The van der Waals surface area contributed by atoms with Gasteiger partial charge < -0.3 is 10.6 Å². The van der Waals surface area contributed by atoms with Crippen molar-refractivity contribution in [2.24, 2.45) is 0 Å². The second-order valence-corrected chi connectivity index (χ2v) is 5.63. The number of pyridine rings is 1. The van der Waals surface area contributed by atoms with Gasteiger partial charge >= 0.3 is 6.18 Å². The summed E-state index contributed by atoms with van der Waals surface area (Å²) in [5, 5.41) is 13.1. The van der Waals surface area contributed by atoms with Crippen LogP contribution in [0.15, 0.2) is 48.9 Å². The topological polar surface area (TPSA) is 75.6 Å². The number of halogens is 4. The Morgan fingerprint density at radius 1 is 1.12 bits per heavy atom. The number of nitrogens with one attached hydrogen (secondary N) is 2. The molecule has 0 unspecified atom stereocenters. The number of alkyl halides is 3. The number of rotatable bonds is 5. The van der Waals surface area contributed by atoms with Crippen molar-refractivity contribution in [3.63, 3.8) is 0 Å². The van der Waals surface area contributed by atoms with Crippen molar-refractivity contribution in [2.75, 3.05) is 10.6 Å². The van der Waals surface area contributed by atoms with E-state index in [1.165, 1.54) is 18.3 Å². The fourth-order valence-electron chi connectivity index (χ4n) is 2.12. The summed E-state index contributed by atoms with van der Waals surface area (Å²) in [6.45, 7) is 0.397. The Labute approximate surface area is 151 Å². The predicted octanol–water partition coefficient (Wildman–Crippen LogP) is 4.29. The molecule has 0 radical (unpaired) electrons. The molecular formula is C16H12ClF3N6. The molecule has 0 saturated heterocycles. The molecule has 3 rings (SSSR count). The number of benzene rings is 1. The summed E-state index contributed by atoms with van der Waals surface area (Å²) >= 11 is 5.67. The van der Waals surface area contributed by atoms with Crippen molar-refractivity contribution < 1.29 is 13.2 Å². The van der Waals surface area contributed by atoms with Gasteiger partial charge in [-0.15, -0.1) is 5.10 Å². The number of nitrogens with zero attached hydrogens (tertiary/aromatic N) is 4. The van der Waals surface area contributed by atoms with Crippen molar-refractivity contribution in [2.45, 2.75) is 12.7 Å². The van der Waals surface area contributed by atoms with Gasteiger partial charge in [-0.3, -0.25) is 4.98 Å². The number of hydrogen-bond acceptors (Lipinski definition) is 6. The van der Waals surface area contributed by atoms with Crippen LogP contribution in [0.4, 0.5) is 30.6 Å². The molecule has 10 heteroatoms. The Morgan fingerprint density at radius 2 is 1.96 bits per heavy atom. The molecule has 134 valence electrons. The highest BCUT2D eigenvalue weighted by Crippen LogP contribution is 2.37. The van der Waals surface area contributed by atoms with Gasteiger partial charge in [0.2, 0.25) is 5.95 Å². The minimum atomic E-state index is -4.56. The minimum absolute atomic E-state index is 0.0116. The standard InChI is InChI=1S/C16H12ClF3N6/c17-11-3-4-13(12(6-11)16(18,19)20)24-14-9-23-26-15(25-14)22-8-10-2-1-5-21-7-10/h1-7,9H,8H2,(H2,22,24,25,26). The summed E-state index contributed by atoms with van der Waals surface area (Å²) in [5.41, 5.74) is -0.180. The first-order valence-corrected chi connectivity index (χ1v) is 7.76. The van der Waals surface area contributed by atoms with E-state index in [9.17, 15) is 13.2 Å². The molecule has 2 heterocycles. The lowest BCUT2D eigenvalue weighted by atomic mass is 10.1. The average Bonchev–Trinajstić information content (AvgIpc) is 2.62. The van der Waals surface area contributed by atoms with E-state index in [1.54, 1.807) is 18.5 Å². The maximum Gasteiger partial charge on any atom is 0.418 e. The molecule has 26 heavy (non-hydrogen) atoms. The molecule has 0 amide bonds. The SMILES string of the molecule is FC(F)(F)c1cc(Cl)ccc1Nc1cnnc(NCc2cccnc2)n1. The van der Waals surface area contributed by atoms with E-state index in [2.05, 4.69) is 30.8 Å². The molecule has 1 aromatic carbocycles. The summed E-state index contributed by atoms with van der Waals surface area (Å²) in [6.07, 6.45) is -0.0125. The lowest BCUT2D eigenvalue weighted by Gasteiger charge is -2.14. The summed E-state index contributed by atoms with van der Waals surface area (Å²) in [4.78, 5) is 8.10. The van der Waals surface area contributed by atoms with Gasteiger partial charge in [0.15, 0.2) is 5.82 Å². The Hall–Kier alpha value is -2.94. The third-order valence-corrected chi connectivity index (χ3v) is 3.52. The molecule has 0 spiro atoms. The molecule has 0 fully saturated rings. The normalized spacial score (nSPS) is 11.2. The van der Waals surface area contributed by atoms with Crippen LogP contribution in [0.25, 0.3) is 0 Å². The number of aromatic nitrogens is 4. The molecule has 0 aliphatic heterocycles. The molecule has 0 aliphatic carbocycles. The smallest absolute Gasteiger partial charge is 0.349 e. The van der Waals surface area contributed by atoms with E-state index < -0.39 is 11.7 Å². The van der Waals surface area contributed by atoms with Crippen molar-refractivity contribution in [3.8, 4) is 0 Å². The third kappa shape index (κ3) is 4.57. The van der Waals surface area contributed by atoms with Gasteiger partial charge in [0.1, 0.15) is 0 Å². The second-order valence-electron chi connectivity index (χ2n) is 5.19. The van der Waals surface area contributed by atoms with E-state index >= 15 is 0 Å². The highest BCUT2D eigenvalue weighted by atomic mass is 35.5. The van der Waals surface area contributed by atoms with Gasteiger partial charge in [-0.05, 0) is 29.8 Å². The van der Waals surface area contributed by atoms with Crippen LogP contribution >= 0.6 is 11.6 Å². The van der Waals surface area contributed by atoms with Crippen molar-refractivity contribution in [1.82, 2.24) is 20.2 Å². The van der Waals surface area contributed by atoms with Gasteiger partial charge in [0, 0.05) is 24.0 Å². The van der Waals surface area contributed by atoms with Gasteiger partial charge in [0.05, 0.1) is 17.4 Å². The zero-order valence-corrected chi connectivity index (χ0v) is 13.9. The highest BCUT2D eigenvalue weighted by molar-refractivity contribution is 6.30. The molecule has 3 aromatic rings. The number of anilines is 3. The quantitative estimate of drug-likeness (QED) is 0.687.